The molecule has 0 amide bonds. The molecule has 18 heavy (non-hydrogen) atoms. The van der Waals surface area contributed by atoms with Gasteiger partial charge in [-0.25, -0.2) is 0 Å². The van der Waals surface area contributed by atoms with Crippen LogP contribution in [0, 0.1) is 0 Å². The van der Waals surface area contributed by atoms with Crippen molar-refractivity contribution >= 4 is 11.3 Å². The van der Waals surface area contributed by atoms with E-state index in [9.17, 15) is 5.11 Å². The molecule has 2 atom stereocenters. The summed E-state index contributed by atoms with van der Waals surface area (Å²) in [6, 6.07) is 14.6. The van der Waals surface area contributed by atoms with Crippen LogP contribution in [-0.4, -0.2) is 5.11 Å². The molecule has 1 N–H and O–H groups in total. The third-order valence-corrected chi connectivity index (χ3v) is 5.06. The van der Waals surface area contributed by atoms with Crippen molar-refractivity contribution in [3.8, 4) is 0 Å². The highest BCUT2D eigenvalue weighted by Gasteiger charge is 2.41. The lowest BCUT2D eigenvalue weighted by Crippen LogP contribution is -2.35. The molecule has 3 rings (SSSR count). The molecule has 2 heteroatoms. The lowest BCUT2D eigenvalue weighted by atomic mass is 9.71. The Balaban J connectivity index is 2.01. The normalized spacial score (nSPS) is 28.2. The van der Waals surface area contributed by atoms with Gasteiger partial charge in [-0.15, -0.1) is 11.3 Å². The maximum absolute atomic E-state index is 11.2. The number of benzene rings is 1. The van der Waals surface area contributed by atoms with E-state index in [0.29, 0.717) is 0 Å². The first kappa shape index (κ1) is 11.9. The molecule has 1 aliphatic rings. The van der Waals surface area contributed by atoms with Gasteiger partial charge in [-0.05, 0) is 29.9 Å². The van der Waals surface area contributed by atoms with Crippen molar-refractivity contribution in [1.82, 2.24) is 0 Å². The molecule has 0 bridgehead atoms. The van der Waals surface area contributed by atoms with Gasteiger partial charge in [0.25, 0.3) is 0 Å². The largest absolute Gasteiger partial charge is 0.384 e. The van der Waals surface area contributed by atoms with Crippen LogP contribution in [-0.2, 0) is 5.60 Å². The van der Waals surface area contributed by atoms with Gasteiger partial charge < -0.3 is 5.11 Å². The van der Waals surface area contributed by atoms with Crippen molar-refractivity contribution in [3.05, 3.63) is 58.3 Å². The van der Waals surface area contributed by atoms with Crippen molar-refractivity contribution in [3.63, 3.8) is 0 Å². The number of rotatable bonds is 2. The van der Waals surface area contributed by atoms with Crippen molar-refractivity contribution in [2.24, 2.45) is 0 Å². The second-order valence-corrected chi connectivity index (χ2v) is 6.06. The fourth-order valence-electron chi connectivity index (χ4n) is 3.10. The van der Waals surface area contributed by atoms with E-state index in [1.165, 1.54) is 12.0 Å². The summed E-state index contributed by atoms with van der Waals surface area (Å²) in [4.78, 5) is 1.12. The summed E-state index contributed by atoms with van der Waals surface area (Å²) in [6.45, 7) is 0. The summed E-state index contributed by atoms with van der Waals surface area (Å²) < 4.78 is 0. The zero-order valence-electron chi connectivity index (χ0n) is 10.4. The van der Waals surface area contributed by atoms with Gasteiger partial charge in [-0.1, -0.05) is 49.2 Å². The third-order valence-electron chi connectivity index (χ3n) is 4.03. The summed E-state index contributed by atoms with van der Waals surface area (Å²) in [5, 5.41) is 13.2. The molecule has 1 aromatic heterocycles. The van der Waals surface area contributed by atoms with Crippen LogP contribution in [0.5, 0.6) is 0 Å². The van der Waals surface area contributed by atoms with Crippen molar-refractivity contribution in [2.45, 2.75) is 37.2 Å². The van der Waals surface area contributed by atoms with Gasteiger partial charge >= 0.3 is 0 Å². The molecule has 0 aliphatic heterocycles. The number of aliphatic hydroxyl groups is 1. The van der Waals surface area contributed by atoms with Crippen molar-refractivity contribution < 1.29 is 5.11 Å². The smallest absolute Gasteiger partial charge is 0.106 e. The SMILES string of the molecule is OC1(c2cccs2)CCCCC1c1ccccc1. The Morgan fingerprint density at radius 3 is 2.61 bits per heavy atom. The van der Waals surface area contributed by atoms with Crippen LogP contribution in [0.1, 0.15) is 42.0 Å². The molecule has 1 nitrogen and oxygen atoms in total. The van der Waals surface area contributed by atoms with Crippen LogP contribution >= 0.6 is 11.3 Å². The summed E-state index contributed by atoms with van der Waals surface area (Å²) in [5.41, 5.74) is 0.612. The van der Waals surface area contributed by atoms with Crippen LogP contribution in [0.4, 0.5) is 0 Å². The van der Waals surface area contributed by atoms with Gasteiger partial charge in [-0.2, -0.15) is 0 Å². The minimum absolute atomic E-state index is 0.242. The molecular formula is C16H18OS. The van der Waals surface area contributed by atoms with Crippen LogP contribution in [0.25, 0.3) is 0 Å². The molecule has 1 aromatic carbocycles. The number of hydrogen-bond acceptors (Lipinski definition) is 2. The fourth-order valence-corrected chi connectivity index (χ4v) is 4.01. The molecule has 0 spiro atoms. The van der Waals surface area contributed by atoms with E-state index in [1.54, 1.807) is 11.3 Å². The van der Waals surface area contributed by atoms with Crippen LogP contribution in [0.3, 0.4) is 0 Å². The summed E-state index contributed by atoms with van der Waals surface area (Å²) in [6.07, 6.45) is 4.30. The molecule has 1 fully saturated rings. The minimum atomic E-state index is -0.659. The van der Waals surface area contributed by atoms with E-state index in [0.717, 1.165) is 24.1 Å². The van der Waals surface area contributed by atoms with Gasteiger partial charge in [0.05, 0.1) is 0 Å². The molecule has 0 radical (unpaired) electrons. The van der Waals surface area contributed by atoms with E-state index < -0.39 is 5.60 Å². The lowest BCUT2D eigenvalue weighted by molar-refractivity contribution is -0.0191. The third kappa shape index (κ3) is 2.00. The molecule has 2 aromatic rings. The maximum atomic E-state index is 11.2. The molecule has 1 aliphatic carbocycles. The Hall–Kier alpha value is -1.12. The Morgan fingerprint density at radius 2 is 1.89 bits per heavy atom. The Morgan fingerprint density at radius 1 is 1.06 bits per heavy atom. The topological polar surface area (TPSA) is 20.2 Å². The van der Waals surface area contributed by atoms with Crippen molar-refractivity contribution in [1.29, 1.82) is 0 Å². The monoisotopic (exact) mass is 258 g/mol. The summed E-state index contributed by atoms with van der Waals surface area (Å²) in [7, 11) is 0. The van der Waals surface area contributed by atoms with E-state index in [4.69, 9.17) is 0 Å². The first-order valence-electron chi connectivity index (χ1n) is 6.62. The van der Waals surface area contributed by atoms with E-state index in [1.807, 2.05) is 12.1 Å². The molecular weight excluding hydrogens is 240 g/mol. The maximum Gasteiger partial charge on any atom is 0.106 e. The standard InChI is InChI=1S/C16H18OS/c17-16(15-10-6-12-18-15)11-5-4-9-14(16)13-7-2-1-3-8-13/h1-3,6-8,10,12,14,17H,4-5,9,11H2. The summed E-state index contributed by atoms with van der Waals surface area (Å²) >= 11 is 1.68. The highest BCUT2D eigenvalue weighted by molar-refractivity contribution is 7.10. The first-order valence-corrected chi connectivity index (χ1v) is 7.50. The van der Waals surface area contributed by atoms with E-state index in [-0.39, 0.29) is 5.92 Å². The summed E-state index contributed by atoms with van der Waals surface area (Å²) in [5.74, 6) is 0.242. The van der Waals surface area contributed by atoms with Crippen molar-refractivity contribution in [2.75, 3.05) is 0 Å². The van der Waals surface area contributed by atoms with Gasteiger partial charge in [0, 0.05) is 10.8 Å². The van der Waals surface area contributed by atoms with Crippen LogP contribution in [0.2, 0.25) is 0 Å². The van der Waals surface area contributed by atoms with Gasteiger partial charge in [-0.3, -0.25) is 0 Å². The molecule has 1 saturated carbocycles. The Kier molecular flexibility index (Phi) is 3.23. The highest BCUT2D eigenvalue weighted by atomic mass is 32.1. The average molecular weight is 258 g/mol. The van der Waals surface area contributed by atoms with Gasteiger partial charge in [0.1, 0.15) is 5.60 Å². The highest BCUT2D eigenvalue weighted by Crippen LogP contribution is 2.48. The quantitative estimate of drug-likeness (QED) is 0.851. The number of thiophene rings is 1. The van der Waals surface area contributed by atoms with Crippen LogP contribution in [0.15, 0.2) is 47.8 Å². The molecule has 0 saturated heterocycles. The predicted octanol–water partition coefficient (Wildman–Crippen LogP) is 4.29. The zero-order chi connectivity index (χ0) is 12.4. The minimum Gasteiger partial charge on any atom is -0.384 e. The van der Waals surface area contributed by atoms with E-state index in [2.05, 4.69) is 35.7 Å². The Labute approximate surface area is 112 Å². The molecule has 1 heterocycles. The van der Waals surface area contributed by atoms with Crippen LogP contribution < -0.4 is 0 Å². The molecule has 94 valence electrons. The van der Waals surface area contributed by atoms with Gasteiger partial charge in [0.15, 0.2) is 0 Å². The second-order valence-electron chi connectivity index (χ2n) is 5.11. The van der Waals surface area contributed by atoms with Gasteiger partial charge in [0.2, 0.25) is 0 Å². The zero-order valence-corrected chi connectivity index (χ0v) is 11.2. The molecule has 2 unspecified atom stereocenters. The first-order chi connectivity index (χ1) is 8.81. The number of hydrogen-bond donors (Lipinski definition) is 1. The fraction of sp³-hybridized carbons (Fsp3) is 0.375. The van der Waals surface area contributed by atoms with E-state index >= 15 is 0 Å². The second kappa shape index (κ2) is 4.87. The lowest BCUT2D eigenvalue weighted by Gasteiger charge is -2.39. The predicted molar refractivity (Wildman–Crippen MR) is 75.9 cm³/mol. The Bertz CT molecular complexity index is 491. The average Bonchev–Trinajstić information content (AvgIpc) is 2.95.